The van der Waals surface area contributed by atoms with E-state index < -0.39 is 11.7 Å². The first-order chi connectivity index (χ1) is 11.0. The maximum absolute atomic E-state index is 11.3. The van der Waals surface area contributed by atoms with Crippen LogP contribution in [0.3, 0.4) is 0 Å². The molecule has 2 aromatic rings. The molecule has 0 saturated carbocycles. The zero-order valence-electron chi connectivity index (χ0n) is 12.8. The molecule has 0 bridgehead atoms. The summed E-state index contributed by atoms with van der Waals surface area (Å²) in [5, 5.41) is 11.3. The van der Waals surface area contributed by atoms with E-state index in [1.165, 1.54) is 0 Å². The van der Waals surface area contributed by atoms with Crippen LogP contribution in [0.15, 0.2) is 69.9 Å². The van der Waals surface area contributed by atoms with E-state index >= 15 is 0 Å². The fourth-order valence-electron chi connectivity index (χ4n) is 1.88. The number of amides is 1. The average Bonchev–Trinajstić information content (AvgIpc) is 2.54. The second-order valence-corrected chi connectivity index (χ2v) is 5.16. The van der Waals surface area contributed by atoms with Crippen molar-refractivity contribution in [2.75, 3.05) is 0 Å². The van der Waals surface area contributed by atoms with Crippen LogP contribution in [0.5, 0.6) is 0 Å². The number of nitrogens with one attached hydrogen (secondary N) is 1. The summed E-state index contributed by atoms with van der Waals surface area (Å²) in [5.41, 5.74) is 7.86. The molecule has 0 aliphatic carbocycles. The van der Waals surface area contributed by atoms with Crippen LogP contribution >= 0.6 is 0 Å². The Labute approximate surface area is 133 Å². The number of nitrogens with zero attached hydrogens (tertiary/aromatic N) is 4. The highest BCUT2D eigenvalue weighted by Crippen LogP contribution is 2.27. The standard InChI is InChI=1S/C16H16N5O2/c1-16(2,23-15(22)20-21-17)12-8-10-14(11-9-12)19-18-13-6-4-3-5-7-13/h3-11,17H,1-2H3/q+1. The van der Waals surface area contributed by atoms with Gasteiger partial charge in [-0.3, -0.25) is 0 Å². The number of carbonyl (C=O) groups excluding carboxylic acids is 1. The molecular weight excluding hydrogens is 294 g/mol. The minimum atomic E-state index is -0.905. The van der Waals surface area contributed by atoms with E-state index in [2.05, 4.69) is 20.3 Å². The Kier molecular flexibility index (Phi) is 5.07. The molecule has 0 unspecified atom stereocenters. The molecule has 0 atom stereocenters. The molecule has 116 valence electrons. The first-order valence-electron chi connectivity index (χ1n) is 6.89. The quantitative estimate of drug-likeness (QED) is 0.632. The van der Waals surface area contributed by atoms with E-state index in [1.807, 2.05) is 30.3 Å². The molecule has 0 aromatic heterocycles. The summed E-state index contributed by atoms with van der Waals surface area (Å²) < 4.78 is 5.16. The minimum absolute atomic E-state index is 0.686. The van der Waals surface area contributed by atoms with Gasteiger partial charge in [-0.1, -0.05) is 30.3 Å². The molecule has 2 rings (SSSR count). The molecule has 0 spiro atoms. The largest absolute Gasteiger partial charge is 0.513 e. The van der Waals surface area contributed by atoms with Gasteiger partial charge >= 0.3 is 6.09 Å². The summed E-state index contributed by atoms with van der Waals surface area (Å²) in [6, 6.07) is 16.6. The first-order valence-corrected chi connectivity index (χ1v) is 6.89. The topological polar surface area (TPSA) is 101 Å². The van der Waals surface area contributed by atoms with Gasteiger partial charge in [0.15, 0.2) is 0 Å². The lowest BCUT2D eigenvalue weighted by molar-refractivity contribution is 0.0421. The maximum atomic E-state index is 11.3. The molecule has 7 nitrogen and oxygen atoms in total. The average molecular weight is 310 g/mol. The van der Waals surface area contributed by atoms with Gasteiger partial charge in [-0.15, -0.1) is 0 Å². The zero-order chi connectivity index (χ0) is 16.7. The van der Waals surface area contributed by atoms with Crippen molar-refractivity contribution < 1.29 is 9.53 Å². The van der Waals surface area contributed by atoms with Crippen molar-refractivity contribution in [1.82, 2.24) is 4.91 Å². The minimum Gasteiger partial charge on any atom is -0.432 e. The summed E-state index contributed by atoms with van der Waals surface area (Å²) in [7, 11) is 0. The second-order valence-electron chi connectivity index (χ2n) is 5.16. The fraction of sp³-hybridized carbons (Fsp3) is 0.188. The van der Waals surface area contributed by atoms with Crippen LogP contribution in [-0.2, 0) is 10.3 Å². The van der Waals surface area contributed by atoms with E-state index in [1.54, 1.807) is 38.1 Å². The van der Waals surface area contributed by atoms with Crippen LogP contribution in [-0.4, -0.2) is 6.09 Å². The van der Waals surface area contributed by atoms with Crippen molar-refractivity contribution in [3.8, 4) is 0 Å². The van der Waals surface area contributed by atoms with Crippen molar-refractivity contribution >= 4 is 17.5 Å². The number of carbonyl (C=O) groups is 1. The number of azo groups is 1. The predicted octanol–water partition coefficient (Wildman–Crippen LogP) is 5.02. The van der Waals surface area contributed by atoms with Crippen LogP contribution in [0.1, 0.15) is 19.4 Å². The predicted molar refractivity (Wildman–Crippen MR) is 83.8 cm³/mol. The summed E-state index contributed by atoms with van der Waals surface area (Å²) in [6.07, 6.45) is -0.905. The Bertz CT molecular complexity index is 748. The van der Waals surface area contributed by atoms with E-state index in [0.29, 0.717) is 5.69 Å². The molecule has 2 aromatic carbocycles. The lowest BCUT2D eigenvalue weighted by Gasteiger charge is -2.23. The van der Waals surface area contributed by atoms with Crippen LogP contribution in [0.2, 0.25) is 0 Å². The molecule has 0 fully saturated rings. The van der Waals surface area contributed by atoms with Gasteiger partial charge in [0.25, 0.3) is 0 Å². The van der Waals surface area contributed by atoms with Crippen molar-refractivity contribution in [2.45, 2.75) is 19.4 Å². The van der Waals surface area contributed by atoms with E-state index in [0.717, 1.165) is 11.3 Å². The Morgan fingerprint density at radius 1 is 1.00 bits per heavy atom. The normalized spacial score (nSPS) is 11.0. The molecule has 0 radical (unpaired) electrons. The monoisotopic (exact) mass is 310 g/mol. The second kappa shape index (κ2) is 7.20. The Balaban J connectivity index is 2.11. The Morgan fingerprint density at radius 3 is 2.13 bits per heavy atom. The number of hydrogen-bond acceptors (Lipinski definition) is 5. The van der Waals surface area contributed by atoms with Crippen molar-refractivity contribution in [3.63, 3.8) is 0 Å². The molecule has 1 N–H and O–H groups in total. The van der Waals surface area contributed by atoms with Crippen LogP contribution in [0.25, 0.3) is 0 Å². The molecule has 0 aliphatic heterocycles. The molecule has 23 heavy (non-hydrogen) atoms. The van der Waals surface area contributed by atoms with Gasteiger partial charge in [0.2, 0.25) is 10.0 Å². The lowest BCUT2D eigenvalue weighted by atomic mass is 9.98. The van der Waals surface area contributed by atoms with Crippen LogP contribution in [0, 0.1) is 5.53 Å². The van der Waals surface area contributed by atoms with Gasteiger partial charge in [0.05, 0.1) is 11.4 Å². The maximum Gasteiger partial charge on any atom is 0.513 e. The van der Waals surface area contributed by atoms with Gasteiger partial charge in [-0.25, -0.2) is 4.79 Å². The molecule has 0 heterocycles. The SMILES string of the molecule is CC(C)(OC(=O)N=[N+]=N)c1ccc(N=Nc2ccccc2)cc1. The summed E-state index contributed by atoms with van der Waals surface area (Å²) >= 11 is 0. The van der Waals surface area contributed by atoms with Gasteiger partial charge in [0.1, 0.15) is 11.1 Å². The number of benzene rings is 2. The molecule has 1 amide bonds. The third-order valence-electron chi connectivity index (χ3n) is 3.07. The highest BCUT2D eigenvalue weighted by molar-refractivity contribution is 5.68. The highest BCUT2D eigenvalue weighted by Gasteiger charge is 2.27. The van der Waals surface area contributed by atoms with Crippen molar-refractivity contribution in [1.29, 1.82) is 5.53 Å². The lowest BCUT2D eigenvalue weighted by Crippen LogP contribution is -2.23. The van der Waals surface area contributed by atoms with E-state index in [-0.39, 0.29) is 0 Å². The van der Waals surface area contributed by atoms with E-state index in [9.17, 15) is 4.79 Å². The van der Waals surface area contributed by atoms with Gasteiger partial charge < -0.3 is 4.74 Å². The number of rotatable bonds is 4. The van der Waals surface area contributed by atoms with Crippen LogP contribution in [0.4, 0.5) is 16.2 Å². The van der Waals surface area contributed by atoms with Gasteiger partial charge in [-0.2, -0.15) is 10.2 Å². The molecular formula is C16H16N5O2+. The fourth-order valence-corrected chi connectivity index (χ4v) is 1.88. The zero-order valence-corrected chi connectivity index (χ0v) is 12.8. The van der Waals surface area contributed by atoms with E-state index in [4.69, 9.17) is 10.3 Å². The van der Waals surface area contributed by atoms with Crippen LogP contribution < -0.4 is 4.91 Å². The van der Waals surface area contributed by atoms with Gasteiger partial charge in [-0.05, 0) is 43.7 Å². The third-order valence-corrected chi connectivity index (χ3v) is 3.07. The smallest absolute Gasteiger partial charge is 0.432 e. The first kappa shape index (κ1) is 16.2. The molecule has 0 saturated heterocycles. The third kappa shape index (κ3) is 4.66. The van der Waals surface area contributed by atoms with Crippen molar-refractivity contribution in [2.24, 2.45) is 15.3 Å². The molecule has 0 aliphatic rings. The molecule has 7 heteroatoms. The summed E-state index contributed by atoms with van der Waals surface area (Å²) in [4.78, 5) is 14.0. The summed E-state index contributed by atoms with van der Waals surface area (Å²) in [5.74, 6) is 0. The summed E-state index contributed by atoms with van der Waals surface area (Å²) in [6.45, 7) is 3.45. The Morgan fingerprint density at radius 2 is 1.57 bits per heavy atom. The Hall–Kier alpha value is -3.18. The van der Waals surface area contributed by atoms with Gasteiger partial charge in [0, 0.05) is 0 Å². The number of hydrogen-bond donors (Lipinski definition) is 1. The van der Waals surface area contributed by atoms with Crippen molar-refractivity contribution in [3.05, 3.63) is 60.2 Å². The highest BCUT2D eigenvalue weighted by atomic mass is 16.6. The number of ether oxygens (including phenoxy) is 1.